The van der Waals surface area contributed by atoms with E-state index >= 15 is 0 Å². The van der Waals surface area contributed by atoms with Crippen LogP contribution in [0.2, 0.25) is 0 Å². The molecule has 1 aromatic heterocycles. The minimum Gasteiger partial charge on any atom is -0.501 e. The molecule has 1 unspecified atom stereocenters. The topological polar surface area (TPSA) is 154 Å². The van der Waals surface area contributed by atoms with Gasteiger partial charge in [0.2, 0.25) is 11.7 Å². The maximum absolute atomic E-state index is 13.4. The van der Waals surface area contributed by atoms with E-state index in [1.807, 2.05) is 0 Å². The lowest BCUT2D eigenvalue weighted by atomic mass is 10.1. The lowest BCUT2D eigenvalue weighted by molar-refractivity contribution is -0.136. The van der Waals surface area contributed by atoms with E-state index in [4.69, 9.17) is 4.74 Å². The van der Waals surface area contributed by atoms with Crippen LogP contribution in [-0.4, -0.2) is 95.3 Å². The Balaban J connectivity index is 1.68. The minimum atomic E-state index is -4.18. The highest BCUT2D eigenvalue weighted by Crippen LogP contribution is 2.32. The van der Waals surface area contributed by atoms with Crippen molar-refractivity contribution in [3.63, 3.8) is 0 Å². The second-order valence-electron chi connectivity index (χ2n) is 9.42. The van der Waals surface area contributed by atoms with Crippen molar-refractivity contribution in [3.05, 3.63) is 57.5 Å². The van der Waals surface area contributed by atoms with Gasteiger partial charge in [-0.15, -0.1) is 0 Å². The Labute approximate surface area is 225 Å². The number of morpholine rings is 1. The van der Waals surface area contributed by atoms with Gasteiger partial charge in [0.05, 0.1) is 25.8 Å². The molecule has 0 bridgehead atoms. The Morgan fingerprint density at radius 1 is 1.18 bits per heavy atom. The number of ether oxygens (including phenoxy) is 1. The van der Waals surface area contributed by atoms with E-state index in [1.54, 1.807) is 0 Å². The number of nitrogens with one attached hydrogen (secondary N) is 1. The molecule has 2 amide bonds. The number of rotatable bonds is 8. The van der Waals surface area contributed by atoms with Crippen molar-refractivity contribution in [2.45, 2.75) is 32.0 Å². The second kappa shape index (κ2) is 11.8. The highest BCUT2D eigenvalue weighted by atomic mass is 32.2. The summed E-state index contributed by atoms with van der Waals surface area (Å²) in [7, 11) is -1.52. The first kappa shape index (κ1) is 28.6. The maximum Gasteiger partial charge on any atom is 0.296 e. The Kier molecular flexibility index (Phi) is 8.64. The Morgan fingerprint density at radius 3 is 2.49 bits per heavy atom. The first-order valence-corrected chi connectivity index (χ1v) is 13.8. The van der Waals surface area contributed by atoms with E-state index in [0.29, 0.717) is 38.3 Å². The smallest absolute Gasteiger partial charge is 0.296 e. The zero-order chi connectivity index (χ0) is 28.3. The van der Waals surface area contributed by atoms with E-state index in [2.05, 4.69) is 10.3 Å². The summed E-state index contributed by atoms with van der Waals surface area (Å²) in [4.78, 5) is 44.9. The van der Waals surface area contributed by atoms with Gasteiger partial charge in [0.15, 0.2) is 5.69 Å². The van der Waals surface area contributed by atoms with E-state index in [0.717, 1.165) is 13.2 Å². The number of benzene rings is 1. The molecule has 1 saturated heterocycles. The van der Waals surface area contributed by atoms with Crippen molar-refractivity contribution in [2.24, 2.45) is 0 Å². The van der Waals surface area contributed by atoms with Gasteiger partial charge >= 0.3 is 0 Å². The zero-order valence-electron chi connectivity index (χ0n) is 21.7. The van der Waals surface area contributed by atoms with Gasteiger partial charge in [-0.3, -0.25) is 19.0 Å². The van der Waals surface area contributed by atoms with Crippen molar-refractivity contribution in [1.82, 2.24) is 28.4 Å². The van der Waals surface area contributed by atoms with Crippen LogP contribution >= 0.6 is 0 Å². The lowest BCUT2D eigenvalue weighted by Gasteiger charge is -2.37. The summed E-state index contributed by atoms with van der Waals surface area (Å²) in [5.74, 6) is -2.66. The van der Waals surface area contributed by atoms with Gasteiger partial charge in [-0.05, 0) is 30.5 Å². The lowest BCUT2D eigenvalue weighted by Crippen LogP contribution is -2.51. The van der Waals surface area contributed by atoms with Crippen LogP contribution in [0, 0.1) is 5.82 Å². The van der Waals surface area contributed by atoms with Gasteiger partial charge in [-0.25, -0.2) is 9.37 Å². The van der Waals surface area contributed by atoms with Crippen LogP contribution < -0.4 is 10.9 Å². The molecule has 0 radical (unpaired) electrons. The molecule has 15 heteroatoms. The number of hydrogen-bond donors (Lipinski definition) is 2. The first-order valence-electron chi connectivity index (χ1n) is 12.4. The fourth-order valence-electron chi connectivity index (χ4n) is 4.51. The number of amides is 2. The normalized spacial score (nSPS) is 17.8. The van der Waals surface area contributed by atoms with E-state index in [-0.39, 0.29) is 25.3 Å². The number of fused-ring (bicyclic) bond motifs is 1. The van der Waals surface area contributed by atoms with Crippen molar-refractivity contribution >= 4 is 22.0 Å². The Bertz CT molecular complexity index is 1390. The standard InChI is InChI=1S/C24H31FN6O7S/c1-28(2)39(36,37)31(15-19(32)29-10-12-38-13-11-29)18-4-3-9-30-22(18)27-20(21(33)24(30)35)23(34)26-14-16-5-7-17(25)8-6-16/h5-8,18,33H,3-4,9-15H2,1-2H3,(H,26,34). The van der Waals surface area contributed by atoms with Crippen LogP contribution in [0.4, 0.5) is 4.39 Å². The van der Waals surface area contributed by atoms with Crippen molar-refractivity contribution in [2.75, 3.05) is 46.9 Å². The molecule has 3 heterocycles. The first-order chi connectivity index (χ1) is 18.5. The van der Waals surface area contributed by atoms with Gasteiger partial charge in [-0.1, -0.05) is 12.1 Å². The molecule has 2 aliphatic heterocycles. The molecule has 13 nitrogen and oxygen atoms in total. The van der Waals surface area contributed by atoms with Crippen LogP contribution in [0.5, 0.6) is 5.75 Å². The molecule has 4 rings (SSSR count). The summed E-state index contributed by atoms with van der Waals surface area (Å²) in [5.41, 5.74) is -0.887. The largest absolute Gasteiger partial charge is 0.501 e. The molecule has 2 aromatic rings. The molecule has 2 N–H and O–H groups in total. The zero-order valence-corrected chi connectivity index (χ0v) is 22.5. The number of halogens is 1. The van der Waals surface area contributed by atoms with Gasteiger partial charge in [-0.2, -0.15) is 17.0 Å². The number of carbonyl (C=O) groups excluding carboxylic acids is 2. The quantitative estimate of drug-likeness (QED) is 0.446. The van der Waals surface area contributed by atoms with Gasteiger partial charge in [0.25, 0.3) is 21.7 Å². The predicted molar refractivity (Wildman–Crippen MR) is 136 cm³/mol. The summed E-state index contributed by atoms with van der Waals surface area (Å²) < 4.78 is 48.3. The third kappa shape index (κ3) is 6.11. The Hall–Kier alpha value is -3.40. The van der Waals surface area contributed by atoms with Crippen molar-refractivity contribution < 1.29 is 32.2 Å². The average Bonchev–Trinajstić information content (AvgIpc) is 2.93. The molecule has 0 spiro atoms. The highest BCUT2D eigenvalue weighted by Gasteiger charge is 2.40. The monoisotopic (exact) mass is 566 g/mol. The van der Waals surface area contributed by atoms with Gasteiger partial charge < -0.3 is 20.1 Å². The third-order valence-corrected chi connectivity index (χ3v) is 8.57. The number of aromatic hydroxyl groups is 1. The number of hydrogen-bond acceptors (Lipinski definition) is 8. The summed E-state index contributed by atoms with van der Waals surface area (Å²) in [6.45, 7) is 0.928. The van der Waals surface area contributed by atoms with E-state index in [1.165, 1.54) is 43.3 Å². The van der Waals surface area contributed by atoms with Crippen LogP contribution in [0.25, 0.3) is 0 Å². The Morgan fingerprint density at radius 2 is 1.85 bits per heavy atom. The summed E-state index contributed by atoms with van der Waals surface area (Å²) in [6.07, 6.45) is 0.608. The molecule has 212 valence electrons. The number of carbonyl (C=O) groups is 2. The summed E-state index contributed by atoms with van der Waals surface area (Å²) >= 11 is 0. The fourth-order valence-corrected chi connectivity index (χ4v) is 5.73. The predicted octanol–water partition coefficient (Wildman–Crippen LogP) is -0.180. The third-order valence-electron chi connectivity index (χ3n) is 6.67. The van der Waals surface area contributed by atoms with Crippen molar-refractivity contribution in [1.29, 1.82) is 0 Å². The van der Waals surface area contributed by atoms with Crippen LogP contribution in [0.1, 0.15) is 40.8 Å². The molecule has 0 saturated carbocycles. The van der Waals surface area contributed by atoms with Crippen LogP contribution in [-0.2, 0) is 32.8 Å². The fraction of sp³-hybridized carbons (Fsp3) is 0.500. The molecule has 1 fully saturated rings. The van der Waals surface area contributed by atoms with Gasteiger partial charge in [0, 0.05) is 40.3 Å². The van der Waals surface area contributed by atoms with Crippen molar-refractivity contribution in [3.8, 4) is 5.75 Å². The molecule has 2 aliphatic rings. The highest BCUT2D eigenvalue weighted by molar-refractivity contribution is 7.86. The molecule has 39 heavy (non-hydrogen) atoms. The molecule has 1 atom stereocenters. The molecule has 1 aromatic carbocycles. The van der Waals surface area contributed by atoms with Crippen LogP contribution in [0.15, 0.2) is 29.1 Å². The SMILES string of the molecule is CN(C)S(=O)(=O)N(CC(=O)N1CCOCC1)C1CCCn2c1nc(C(=O)NCc1ccc(F)cc1)c(O)c2=O. The van der Waals surface area contributed by atoms with E-state index < -0.39 is 57.4 Å². The maximum atomic E-state index is 13.4. The summed E-state index contributed by atoms with van der Waals surface area (Å²) in [6, 6.07) is 4.34. The van der Waals surface area contributed by atoms with E-state index in [9.17, 15) is 32.3 Å². The second-order valence-corrected chi connectivity index (χ2v) is 11.5. The average molecular weight is 567 g/mol. The molecular formula is C24H31FN6O7S. The molecule has 0 aliphatic carbocycles. The number of nitrogens with zero attached hydrogens (tertiary/aromatic N) is 5. The number of aromatic nitrogens is 2. The molecular weight excluding hydrogens is 535 g/mol. The minimum absolute atomic E-state index is 0.0305. The van der Waals surface area contributed by atoms with Gasteiger partial charge in [0.1, 0.15) is 11.6 Å². The summed E-state index contributed by atoms with van der Waals surface area (Å²) in [5, 5.41) is 13.1. The van der Waals surface area contributed by atoms with Crippen LogP contribution in [0.3, 0.4) is 0 Å².